The molecule has 0 unspecified atom stereocenters. The Morgan fingerprint density at radius 3 is 2.52 bits per heavy atom. The second-order valence-corrected chi connectivity index (χ2v) is 6.96. The van der Waals surface area contributed by atoms with Crippen LogP contribution in [0.1, 0.15) is 5.69 Å². The number of benzene rings is 2. The van der Waals surface area contributed by atoms with Crippen LogP contribution in [-0.2, 0) is 10.5 Å². The third-order valence-electron chi connectivity index (χ3n) is 3.60. The molecule has 0 saturated carbocycles. The van der Waals surface area contributed by atoms with E-state index in [1.807, 2.05) is 30.3 Å². The monoisotopic (exact) mass is 422 g/mol. The lowest BCUT2D eigenvalue weighted by Crippen LogP contribution is -2.19. The fraction of sp³-hybridized carbons (Fsp3) is 0.200. The molecule has 1 amide bonds. The number of nitrogens with zero attached hydrogens (tertiary/aromatic N) is 1. The third kappa shape index (κ3) is 6.86. The second-order valence-electron chi connectivity index (χ2n) is 5.98. The number of aromatic nitrogens is 1. The molecule has 2 aromatic carbocycles. The highest BCUT2D eigenvalue weighted by Crippen LogP contribution is 2.22. The molecular formula is C20H17F3N2O3S. The highest BCUT2D eigenvalue weighted by Gasteiger charge is 2.28. The summed E-state index contributed by atoms with van der Waals surface area (Å²) >= 11 is 1.37. The summed E-state index contributed by atoms with van der Waals surface area (Å²) < 4.78 is 46.4. The maximum atomic E-state index is 12.1. The lowest BCUT2D eigenvalue weighted by atomic mass is 10.2. The fourth-order valence-corrected chi connectivity index (χ4v) is 3.03. The summed E-state index contributed by atoms with van der Waals surface area (Å²) in [7, 11) is 0. The quantitative estimate of drug-likeness (QED) is 0.544. The van der Waals surface area contributed by atoms with E-state index in [-0.39, 0.29) is 17.4 Å². The number of carbonyl (C=O) groups is 1. The Morgan fingerprint density at radius 2 is 1.83 bits per heavy atom. The summed E-state index contributed by atoms with van der Waals surface area (Å²) in [5, 5.41) is 2.68. The Kier molecular flexibility index (Phi) is 6.82. The molecule has 5 nitrogen and oxygen atoms in total. The van der Waals surface area contributed by atoms with Gasteiger partial charge < -0.3 is 14.5 Å². The van der Waals surface area contributed by atoms with E-state index in [0.29, 0.717) is 17.3 Å². The molecule has 0 spiro atoms. The molecule has 1 N–H and O–H groups in total. The van der Waals surface area contributed by atoms with Crippen molar-refractivity contribution in [3.63, 3.8) is 0 Å². The van der Waals surface area contributed by atoms with E-state index < -0.39 is 12.8 Å². The van der Waals surface area contributed by atoms with Crippen molar-refractivity contribution in [1.82, 2.24) is 4.98 Å². The minimum atomic E-state index is -4.39. The summed E-state index contributed by atoms with van der Waals surface area (Å²) in [6.07, 6.45) is -2.83. The first kappa shape index (κ1) is 20.8. The molecule has 0 bridgehead atoms. The topological polar surface area (TPSA) is 64.4 Å². The number of nitrogens with one attached hydrogen (secondary N) is 1. The molecule has 1 heterocycles. The smallest absolute Gasteiger partial charge is 0.422 e. The van der Waals surface area contributed by atoms with Gasteiger partial charge in [-0.1, -0.05) is 18.2 Å². The lowest BCUT2D eigenvalue weighted by Gasteiger charge is -2.10. The molecule has 3 rings (SSSR count). The van der Waals surface area contributed by atoms with E-state index >= 15 is 0 Å². The van der Waals surface area contributed by atoms with E-state index in [0.717, 1.165) is 11.3 Å². The number of hydrogen-bond acceptors (Lipinski definition) is 5. The number of halogens is 3. The molecule has 1 aromatic heterocycles. The Morgan fingerprint density at radius 1 is 1.10 bits per heavy atom. The molecular weight excluding hydrogens is 405 g/mol. The molecule has 0 saturated heterocycles. The highest BCUT2D eigenvalue weighted by molar-refractivity contribution is 7.99. The van der Waals surface area contributed by atoms with Crippen molar-refractivity contribution in [3.8, 4) is 17.2 Å². The van der Waals surface area contributed by atoms with Crippen LogP contribution in [0.5, 0.6) is 5.75 Å². The van der Waals surface area contributed by atoms with Gasteiger partial charge in [-0.05, 0) is 36.4 Å². The van der Waals surface area contributed by atoms with Gasteiger partial charge in [-0.3, -0.25) is 4.79 Å². The zero-order valence-corrected chi connectivity index (χ0v) is 15.9. The summed E-state index contributed by atoms with van der Waals surface area (Å²) in [4.78, 5) is 16.4. The molecule has 0 aliphatic rings. The summed E-state index contributed by atoms with van der Waals surface area (Å²) in [5.41, 5.74) is 2.08. The minimum absolute atomic E-state index is 0.0787. The molecule has 0 aliphatic heterocycles. The van der Waals surface area contributed by atoms with Crippen LogP contribution >= 0.6 is 11.8 Å². The van der Waals surface area contributed by atoms with Crippen molar-refractivity contribution in [3.05, 3.63) is 66.6 Å². The van der Waals surface area contributed by atoms with Gasteiger partial charge in [-0.25, -0.2) is 4.98 Å². The normalized spacial score (nSPS) is 11.3. The lowest BCUT2D eigenvalue weighted by molar-refractivity contribution is -0.153. The first-order chi connectivity index (χ1) is 13.9. The Balaban J connectivity index is 1.42. The Bertz CT molecular complexity index is 928. The predicted molar refractivity (Wildman–Crippen MR) is 105 cm³/mol. The number of alkyl halides is 3. The molecule has 0 fully saturated rings. The van der Waals surface area contributed by atoms with Gasteiger partial charge in [-0.15, -0.1) is 11.8 Å². The molecule has 0 aliphatic carbocycles. The summed E-state index contributed by atoms with van der Waals surface area (Å²) in [6.45, 7) is -1.36. The van der Waals surface area contributed by atoms with E-state index in [1.54, 1.807) is 6.26 Å². The maximum absolute atomic E-state index is 12.1. The maximum Gasteiger partial charge on any atom is 0.422 e. The number of anilines is 1. The first-order valence-corrected chi connectivity index (χ1v) is 9.71. The number of hydrogen-bond donors (Lipinski definition) is 1. The van der Waals surface area contributed by atoms with Gasteiger partial charge in [-0.2, -0.15) is 13.2 Å². The van der Waals surface area contributed by atoms with Crippen LogP contribution in [-0.4, -0.2) is 29.4 Å². The van der Waals surface area contributed by atoms with Gasteiger partial charge >= 0.3 is 6.18 Å². The van der Waals surface area contributed by atoms with Crippen LogP contribution in [0.25, 0.3) is 11.5 Å². The molecule has 29 heavy (non-hydrogen) atoms. The minimum Gasteiger partial charge on any atom is -0.484 e. The van der Waals surface area contributed by atoms with Crippen LogP contribution in [0, 0.1) is 0 Å². The van der Waals surface area contributed by atoms with Crippen molar-refractivity contribution >= 4 is 23.4 Å². The van der Waals surface area contributed by atoms with Gasteiger partial charge in [0.05, 0.1) is 11.4 Å². The average molecular weight is 422 g/mol. The van der Waals surface area contributed by atoms with E-state index in [4.69, 9.17) is 4.42 Å². The van der Waals surface area contributed by atoms with Crippen molar-refractivity contribution in [2.45, 2.75) is 11.9 Å². The average Bonchev–Trinajstić information content (AvgIpc) is 3.16. The molecule has 0 radical (unpaired) electrons. The zero-order chi connectivity index (χ0) is 20.7. The number of ether oxygens (including phenoxy) is 1. The van der Waals surface area contributed by atoms with Crippen molar-refractivity contribution < 1.29 is 27.1 Å². The van der Waals surface area contributed by atoms with Crippen molar-refractivity contribution in [2.24, 2.45) is 0 Å². The number of oxazole rings is 1. The van der Waals surface area contributed by atoms with E-state index in [1.165, 1.54) is 36.0 Å². The Labute approximate surface area is 169 Å². The van der Waals surface area contributed by atoms with Crippen LogP contribution in [0.2, 0.25) is 0 Å². The van der Waals surface area contributed by atoms with Crippen LogP contribution < -0.4 is 10.1 Å². The predicted octanol–water partition coefficient (Wildman–Crippen LogP) is 5.15. The number of thioether (sulfide) groups is 1. The largest absolute Gasteiger partial charge is 0.484 e. The Hall–Kier alpha value is -2.94. The fourth-order valence-electron chi connectivity index (χ4n) is 2.33. The molecule has 9 heteroatoms. The molecule has 152 valence electrons. The van der Waals surface area contributed by atoms with E-state index in [2.05, 4.69) is 15.0 Å². The molecule has 3 aromatic rings. The van der Waals surface area contributed by atoms with Gasteiger partial charge in [0, 0.05) is 17.0 Å². The first-order valence-electron chi connectivity index (χ1n) is 8.56. The van der Waals surface area contributed by atoms with Crippen molar-refractivity contribution in [2.75, 3.05) is 17.7 Å². The van der Waals surface area contributed by atoms with Crippen LogP contribution in [0.4, 0.5) is 18.9 Å². The number of rotatable bonds is 8. The van der Waals surface area contributed by atoms with Gasteiger partial charge in [0.2, 0.25) is 11.8 Å². The number of amides is 1. The van der Waals surface area contributed by atoms with Gasteiger partial charge in [0.1, 0.15) is 12.0 Å². The van der Waals surface area contributed by atoms with Gasteiger partial charge in [0.15, 0.2) is 6.61 Å². The van der Waals surface area contributed by atoms with Crippen LogP contribution in [0.3, 0.4) is 0 Å². The van der Waals surface area contributed by atoms with Crippen LogP contribution in [0.15, 0.2) is 65.3 Å². The number of carbonyl (C=O) groups excluding carboxylic acids is 1. The van der Waals surface area contributed by atoms with E-state index in [9.17, 15) is 18.0 Å². The standard InChI is InChI=1S/C20H17F3N2O3S/c21-20(22,23)13-28-17-8-6-15(7-9-17)24-18(26)12-29-11-16-10-27-19(25-16)14-4-2-1-3-5-14/h1-10H,11-13H2,(H,24,26). The SMILES string of the molecule is O=C(CSCc1coc(-c2ccccc2)n1)Nc1ccc(OCC(F)(F)F)cc1. The summed E-state index contributed by atoms with van der Waals surface area (Å²) in [5.74, 6) is 1.08. The highest BCUT2D eigenvalue weighted by atomic mass is 32.2. The third-order valence-corrected chi connectivity index (χ3v) is 4.56. The summed E-state index contributed by atoms with van der Waals surface area (Å²) in [6, 6.07) is 15.2. The van der Waals surface area contributed by atoms with Crippen molar-refractivity contribution in [1.29, 1.82) is 0 Å². The zero-order valence-electron chi connectivity index (χ0n) is 15.1. The molecule has 0 atom stereocenters. The van der Waals surface area contributed by atoms with Gasteiger partial charge in [0.25, 0.3) is 0 Å². The second kappa shape index (κ2) is 9.51.